The molecule has 0 fully saturated rings. The van der Waals surface area contributed by atoms with Crippen molar-refractivity contribution >= 4 is 38.2 Å². The number of hydrogen-bond acceptors (Lipinski definition) is 7. The minimum absolute atomic E-state index is 0.110. The summed E-state index contributed by atoms with van der Waals surface area (Å²) in [7, 11) is -3.23. The first-order valence-electron chi connectivity index (χ1n) is 14.5. The largest absolute Gasteiger partial charge is 0.337 e. The van der Waals surface area contributed by atoms with Gasteiger partial charge in [-0.3, -0.25) is 19.8 Å². The number of halogens is 2. The molecular weight excluding hydrogens is 598 g/mol. The lowest BCUT2D eigenvalue weighted by Crippen LogP contribution is -2.11. The zero-order valence-corrected chi connectivity index (χ0v) is 25.5. The van der Waals surface area contributed by atoms with E-state index >= 15 is 4.39 Å². The number of aliphatic imine (C=N–C) groups is 1. The summed E-state index contributed by atoms with van der Waals surface area (Å²) in [5, 5.41) is 2.83. The topological polar surface area (TPSA) is 130 Å². The van der Waals surface area contributed by atoms with Crippen molar-refractivity contribution in [2.45, 2.75) is 39.2 Å². The second kappa shape index (κ2) is 12.3. The quantitative estimate of drug-likeness (QED) is 0.194. The Labute approximate surface area is 258 Å². The number of aryl methyl sites for hydroxylation is 1. The van der Waals surface area contributed by atoms with E-state index < -0.39 is 21.5 Å². The maximum atomic E-state index is 16.3. The van der Waals surface area contributed by atoms with Gasteiger partial charge in [0.05, 0.1) is 35.4 Å². The van der Waals surface area contributed by atoms with Crippen LogP contribution in [0.5, 0.6) is 0 Å². The van der Waals surface area contributed by atoms with E-state index in [9.17, 15) is 17.6 Å². The summed E-state index contributed by atoms with van der Waals surface area (Å²) in [6, 6.07) is 11.2. The molecule has 2 N–H and O–H groups in total. The molecule has 1 amide bonds. The maximum absolute atomic E-state index is 16.3. The van der Waals surface area contributed by atoms with Crippen LogP contribution in [0.1, 0.15) is 48.7 Å². The van der Waals surface area contributed by atoms with Crippen LogP contribution in [-0.2, 0) is 27.6 Å². The van der Waals surface area contributed by atoms with Crippen LogP contribution in [0.15, 0.2) is 66.0 Å². The van der Waals surface area contributed by atoms with Gasteiger partial charge in [0.1, 0.15) is 32.7 Å². The summed E-state index contributed by atoms with van der Waals surface area (Å²) in [6.45, 7) is 2.28. The lowest BCUT2D eigenvalue weighted by atomic mass is 9.97. The Morgan fingerprint density at radius 1 is 1.07 bits per heavy atom. The van der Waals surface area contributed by atoms with Gasteiger partial charge >= 0.3 is 0 Å². The first-order chi connectivity index (χ1) is 21.6. The molecule has 9 nitrogen and oxygen atoms in total. The number of nitrogens with zero attached hydrogens (tertiary/aromatic N) is 4. The molecule has 2 aromatic carbocycles. The molecule has 0 radical (unpaired) electrons. The molecule has 4 heterocycles. The van der Waals surface area contributed by atoms with Gasteiger partial charge in [-0.2, -0.15) is 0 Å². The molecule has 0 aliphatic carbocycles. The molecule has 1 aliphatic heterocycles. The molecule has 6 rings (SSSR count). The third-order valence-corrected chi connectivity index (χ3v) is 8.53. The molecular formula is C33H30F2N6O3S. The van der Waals surface area contributed by atoms with Crippen molar-refractivity contribution < 1.29 is 22.0 Å². The molecule has 0 spiro atoms. The number of pyridine rings is 2. The van der Waals surface area contributed by atoms with Crippen LogP contribution in [0.2, 0.25) is 0 Å². The summed E-state index contributed by atoms with van der Waals surface area (Å²) >= 11 is 0. The van der Waals surface area contributed by atoms with Gasteiger partial charge in [-0.15, -0.1) is 0 Å². The summed E-state index contributed by atoms with van der Waals surface area (Å²) in [4.78, 5) is 33.5. The van der Waals surface area contributed by atoms with E-state index in [4.69, 9.17) is 4.98 Å². The standard InChI is InChI=1S/C33H30F2N6O3S/c1-3-4-5-27(42)39-24-15-22(16-36-18-24)25-7-6-20-17-38-32(28(20)29(25)35)33-40-26-8-10-37-30(31(26)41-33)21-12-19(13-23(34)14-21)9-11-45(2,43)44/h6-8,10,12-16,18H,3-5,9,11,17H2,1-2H3,(H,39,42)(H,40,41). The van der Waals surface area contributed by atoms with Gasteiger partial charge < -0.3 is 10.3 Å². The van der Waals surface area contributed by atoms with E-state index in [1.807, 2.05) is 13.0 Å². The zero-order chi connectivity index (χ0) is 31.7. The fraction of sp³-hybridized carbons (Fsp3) is 0.242. The lowest BCUT2D eigenvalue weighted by Gasteiger charge is -2.11. The van der Waals surface area contributed by atoms with E-state index in [0.717, 1.165) is 19.1 Å². The molecule has 0 bridgehead atoms. The lowest BCUT2D eigenvalue weighted by molar-refractivity contribution is -0.116. The average molecular weight is 629 g/mol. The smallest absolute Gasteiger partial charge is 0.224 e. The monoisotopic (exact) mass is 628 g/mol. The second-order valence-corrected chi connectivity index (χ2v) is 13.4. The first kappa shape index (κ1) is 30.2. The molecule has 0 saturated carbocycles. The van der Waals surface area contributed by atoms with Gasteiger partial charge in [0.25, 0.3) is 0 Å². The summed E-state index contributed by atoms with van der Waals surface area (Å²) in [5.74, 6) is -0.909. The normalized spacial score (nSPS) is 12.8. The zero-order valence-electron chi connectivity index (χ0n) is 24.7. The Kier molecular flexibility index (Phi) is 8.24. The van der Waals surface area contributed by atoms with Crippen molar-refractivity contribution in [2.75, 3.05) is 17.3 Å². The summed E-state index contributed by atoms with van der Waals surface area (Å²) < 4.78 is 54.2. The number of benzene rings is 2. The molecule has 0 unspecified atom stereocenters. The van der Waals surface area contributed by atoms with Crippen LogP contribution in [-0.4, -0.2) is 52.0 Å². The fourth-order valence-electron chi connectivity index (χ4n) is 5.37. The summed E-state index contributed by atoms with van der Waals surface area (Å²) in [5.41, 5.74) is 5.04. The number of rotatable bonds is 10. The predicted molar refractivity (Wildman–Crippen MR) is 170 cm³/mol. The molecule has 5 aromatic rings. The highest BCUT2D eigenvalue weighted by Crippen LogP contribution is 2.34. The van der Waals surface area contributed by atoms with Crippen LogP contribution in [0.25, 0.3) is 33.4 Å². The molecule has 1 aliphatic rings. The minimum Gasteiger partial charge on any atom is -0.337 e. The number of fused-ring (bicyclic) bond motifs is 2. The Balaban J connectivity index is 1.34. The van der Waals surface area contributed by atoms with E-state index in [1.54, 1.807) is 36.7 Å². The van der Waals surface area contributed by atoms with Gasteiger partial charge in [-0.25, -0.2) is 22.2 Å². The third kappa shape index (κ3) is 6.51. The van der Waals surface area contributed by atoms with Crippen LogP contribution >= 0.6 is 0 Å². The van der Waals surface area contributed by atoms with Gasteiger partial charge in [0.2, 0.25) is 5.91 Å². The van der Waals surface area contributed by atoms with Gasteiger partial charge in [0, 0.05) is 47.3 Å². The minimum atomic E-state index is -3.23. The maximum Gasteiger partial charge on any atom is 0.224 e. The number of aromatic amines is 1. The highest BCUT2D eigenvalue weighted by Gasteiger charge is 2.27. The number of amides is 1. The van der Waals surface area contributed by atoms with Crippen molar-refractivity contribution in [2.24, 2.45) is 4.99 Å². The van der Waals surface area contributed by atoms with Gasteiger partial charge in [-0.05, 0) is 54.3 Å². The van der Waals surface area contributed by atoms with Crippen molar-refractivity contribution in [3.8, 4) is 22.4 Å². The number of imidazole rings is 1. The summed E-state index contributed by atoms with van der Waals surface area (Å²) in [6.07, 6.45) is 7.99. The van der Waals surface area contributed by atoms with Crippen LogP contribution in [0.4, 0.5) is 14.5 Å². The number of carbonyl (C=O) groups is 1. The van der Waals surface area contributed by atoms with Crippen LogP contribution < -0.4 is 5.32 Å². The highest BCUT2D eigenvalue weighted by molar-refractivity contribution is 7.90. The number of carbonyl (C=O) groups excluding carboxylic acids is 1. The van der Waals surface area contributed by atoms with E-state index in [2.05, 4.69) is 25.3 Å². The molecule has 12 heteroatoms. The van der Waals surface area contributed by atoms with Crippen molar-refractivity contribution in [1.82, 2.24) is 19.9 Å². The van der Waals surface area contributed by atoms with Crippen molar-refractivity contribution in [1.29, 1.82) is 0 Å². The highest BCUT2D eigenvalue weighted by atomic mass is 32.2. The van der Waals surface area contributed by atoms with Gasteiger partial charge in [0.15, 0.2) is 5.82 Å². The predicted octanol–water partition coefficient (Wildman–Crippen LogP) is 6.03. The molecule has 230 valence electrons. The van der Waals surface area contributed by atoms with E-state index in [-0.39, 0.29) is 24.6 Å². The van der Waals surface area contributed by atoms with E-state index in [1.165, 1.54) is 18.3 Å². The SMILES string of the molecule is CCCCC(=O)Nc1cncc(-c2ccc3c(c2F)C(c2nc4c(-c5cc(F)cc(CCS(C)(=O)=O)c5)nccc4[nH]2)=NC3)c1. The number of aromatic nitrogens is 4. The fourth-order valence-corrected chi connectivity index (χ4v) is 5.98. The number of unbranched alkanes of at least 4 members (excludes halogenated alkanes) is 1. The van der Waals surface area contributed by atoms with Crippen molar-refractivity contribution in [3.05, 3.63) is 95.2 Å². The average Bonchev–Trinajstić information content (AvgIpc) is 3.63. The Morgan fingerprint density at radius 2 is 1.91 bits per heavy atom. The van der Waals surface area contributed by atoms with Crippen LogP contribution in [0, 0.1) is 11.6 Å². The van der Waals surface area contributed by atoms with E-state index in [0.29, 0.717) is 73.8 Å². The first-order valence-corrected chi connectivity index (χ1v) is 16.6. The molecule has 0 atom stereocenters. The molecule has 3 aromatic heterocycles. The third-order valence-electron chi connectivity index (χ3n) is 7.58. The Hall–Kier alpha value is -4.84. The van der Waals surface area contributed by atoms with Crippen LogP contribution in [0.3, 0.4) is 0 Å². The number of sulfone groups is 1. The number of H-pyrrole nitrogens is 1. The molecule has 45 heavy (non-hydrogen) atoms. The Bertz CT molecular complexity index is 2090. The number of anilines is 1. The number of nitrogens with one attached hydrogen (secondary N) is 2. The van der Waals surface area contributed by atoms with Gasteiger partial charge in [-0.1, -0.05) is 25.5 Å². The Morgan fingerprint density at radius 3 is 2.71 bits per heavy atom. The molecule has 0 saturated heterocycles. The second-order valence-electron chi connectivity index (χ2n) is 11.1. The number of hydrogen-bond donors (Lipinski definition) is 2. The van der Waals surface area contributed by atoms with Crippen molar-refractivity contribution in [3.63, 3.8) is 0 Å².